The number of amides is 1. The lowest BCUT2D eigenvalue weighted by Gasteiger charge is -2.22. The van der Waals surface area contributed by atoms with Crippen molar-refractivity contribution in [2.45, 2.75) is 13.3 Å². The van der Waals surface area contributed by atoms with Crippen LogP contribution < -0.4 is 5.32 Å². The van der Waals surface area contributed by atoms with E-state index in [2.05, 4.69) is 10.2 Å². The fourth-order valence-electron chi connectivity index (χ4n) is 2.40. The molecule has 0 aliphatic carbocycles. The van der Waals surface area contributed by atoms with Crippen molar-refractivity contribution in [3.8, 4) is 0 Å². The number of rotatable bonds is 4. The molecule has 2 rings (SSSR count). The molecule has 2 heterocycles. The SMILES string of the molecule is CNC(=O)C1(C)CCN(CC(=O)c2cccs2)C1. The third-order valence-corrected chi connectivity index (χ3v) is 4.40. The van der Waals surface area contributed by atoms with Crippen LogP contribution in [0.25, 0.3) is 0 Å². The summed E-state index contributed by atoms with van der Waals surface area (Å²) in [6.07, 6.45) is 0.810. The Morgan fingerprint density at radius 1 is 1.56 bits per heavy atom. The van der Waals surface area contributed by atoms with E-state index in [9.17, 15) is 9.59 Å². The van der Waals surface area contributed by atoms with Gasteiger partial charge < -0.3 is 5.32 Å². The van der Waals surface area contributed by atoms with Crippen LogP contribution in [0.3, 0.4) is 0 Å². The molecule has 1 aromatic rings. The van der Waals surface area contributed by atoms with Crippen LogP contribution in [0.5, 0.6) is 0 Å². The second-order valence-electron chi connectivity index (χ2n) is 5.00. The van der Waals surface area contributed by atoms with Gasteiger partial charge in [0.25, 0.3) is 0 Å². The Kier molecular flexibility index (Phi) is 3.82. The van der Waals surface area contributed by atoms with Crippen molar-refractivity contribution >= 4 is 23.0 Å². The van der Waals surface area contributed by atoms with E-state index in [1.165, 1.54) is 11.3 Å². The van der Waals surface area contributed by atoms with Crippen LogP contribution in [0, 0.1) is 5.41 Å². The molecular weight excluding hydrogens is 248 g/mol. The van der Waals surface area contributed by atoms with E-state index in [4.69, 9.17) is 0 Å². The standard InChI is InChI=1S/C13H18N2O2S/c1-13(12(17)14-2)5-6-15(9-13)8-10(16)11-4-3-7-18-11/h3-4,7H,5-6,8-9H2,1-2H3,(H,14,17). The number of carbonyl (C=O) groups excluding carboxylic acids is 2. The fraction of sp³-hybridized carbons (Fsp3) is 0.538. The number of carbonyl (C=O) groups is 2. The number of nitrogens with zero attached hydrogens (tertiary/aromatic N) is 1. The zero-order chi connectivity index (χ0) is 13.2. The number of hydrogen-bond acceptors (Lipinski definition) is 4. The first-order valence-electron chi connectivity index (χ1n) is 6.06. The number of ketones is 1. The molecule has 0 spiro atoms. The molecular formula is C13H18N2O2S. The average molecular weight is 266 g/mol. The van der Waals surface area contributed by atoms with Gasteiger partial charge in [0.2, 0.25) is 5.91 Å². The van der Waals surface area contributed by atoms with Crippen molar-refractivity contribution in [3.63, 3.8) is 0 Å². The lowest BCUT2D eigenvalue weighted by Crippen LogP contribution is -2.39. The van der Waals surface area contributed by atoms with E-state index < -0.39 is 0 Å². The summed E-state index contributed by atoms with van der Waals surface area (Å²) in [4.78, 5) is 26.6. The number of likely N-dealkylation sites (tertiary alicyclic amines) is 1. The minimum Gasteiger partial charge on any atom is -0.359 e. The normalized spacial score (nSPS) is 24.1. The summed E-state index contributed by atoms with van der Waals surface area (Å²) < 4.78 is 0. The first-order valence-corrected chi connectivity index (χ1v) is 6.94. The van der Waals surface area contributed by atoms with Crippen molar-refractivity contribution in [2.24, 2.45) is 5.41 Å². The third kappa shape index (κ3) is 2.62. The Labute approximate surface area is 111 Å². The van der Waals surface area contributed by atoms with E-state index in [0.29, 0.717) is 13.1 Å². The Bertz CT molecular complexity index is 444. The van der Waals surface area contributed by atoms with E-state index in [1.807, 2.05) is 24.4 Å². The molecule has 1 fully saturated rings. The van der Waals surface area contributed by atoms with Crippen LogP contribution in [0.2, 0.25) is 0 Å². The van der Waals surface area contributed by atoms with E-state index in [1.54, 1.807) is 7.05 Å². The molecule has 1 aliphatic rings. The molecule has 1 aromatic heterocycles. The summed E-state index contributed by atoms with van der Waals surface area (Å²) >= 11 is 1.47. The number of nitrogens with one attached hydrogen (secondary N) is 1. The zero-order valence-electron chi connectivity index (χ0n) is 10.7. The minimum absolute atomic E-state index is 0.0635. The van der Waals surface area contributed by atoms with Gasteiger partial charge >= 0.3 is 0 Å². The van der Waals surface area contributed by atoms with E-state index in [0.717, 1.165) is 17.8 Å². The summed E-state index contributed by atoms with van der Waals surface area (Å²) in [5.74, 6) is 0.208. The lowest BCUT2D eigenvalue weighted by molar-refractivity contribution is -0.129. The Morgan fingerprint density at radius 2 is 2.33 bits per heavy atom. The zero-order valence-corrected chi connectivity index (χ0v) is 11.5. The first kappa shape index (κ1) is 13.2. The molecule has 98 valence electrons. The third-order valence-electron chi connectivity index (χ3n) is 3.49. The van der Waals surface area contributed by atoms with E-state index >= 15 is 0 Å². The number of hydrogen-bond donors (Lipinski definition) is 1. The average Bonchev–Trinajstić information content (AvgIpc) is 2.98. The maximum Gasteiger partial charge on any atom is 0.227 e. The van der Waals surface area contributed by atoms with Gasteiger partial charge in [-0.15, -0.1) is 11.3 Å². The van der Waals surface area contributed by atoms with Gasteiger partial charge in [0.15, 0.2) is 5.78 Å². The number of Topliss-reactive ketones (excluding diaryl/α,β-unsaturated/α-hetero) is 1. The first-order chi connectivity index (χ1) is 8.55. The highest BCUT2D eigenvalue weighted by molar-refractivity contribution is 7.12. The van der Waals surface area contributed by atoms with Crippen molar-refractivity contribution in [2.75, 3.05) is 26.7 Å². The second-order valence-corrected chi connectivity index (χ2v) is 5.95. The van der Waals surface area contributed by atoms with Crippen LogP contribution in [0.1, 0.15) is 23.0 Å². The molecule has 0 saturated carbocycles. The molecule has 1 saturated heterocycles. The van der Waals surface area contributed by atoms with Gasteiger partial charge in [0.05, 0.1) is 16.8 Å². The van der Waals surface area contributed by atoms with Crippen LogP contribution in [-0.4, -0.2) is 43.3 Å². The largest absolute Gasteiger partial charge is 0.359 e. The summed E-state index contributed by atoms with van der Waals surface area (Å²) in [6.45, 7) is 3.83. The van der Waals surface area contributed by atoms with Gasteiger partial charge in [0.1, 0.15) is 0 Å². The van der Waals surface area contributed by atoms with Gasteiger partial charge in [0, 0.05) is 13.6 Å². The predicted octanol–water partition coefficient (Wildman–Crippen LogP) is 1.39. The van der Waals surface area contributed by atoms with Gasteiger partial charge in [-0.25, -0.2) is 0 Å². The van der Waals surface area contributed by atoms with Crippen LogP contribution in [0.15, 0.2) is 17.5 Å². The lowest BCUT2D eigenvalue weighted by atomic mass is 9.89. The van der Waals surface area contributed by atoms with Crippen molar-refractivity contribution < 1.29 is 9.59 Å². The molecule has 0 aromatic carbocycles. The Morgan fingerprint density at radius 3 is 2.94 bits per heavy atom. The van der Waals surface area contributed by atoms with E-state index in [-0.39, 0.29) is 17.1 Å². The molecule has 1 atom stereocenters. The molecule has 1 N–H and O–H groups in total. The molecule has 1 amide bonds. The Balaban J connectivity index is 1.94. The van der Waals surface area contributed by atoms with Crippen molar-refractivity contribution in [3.05, 3.63) is 22.4 Å². The topological polar surface area (TPSA) is 49.4 Å². The molecule has 0 radical (unpaired) electrons. The van der Waals surface area contributed by atoms with Crippen LogP contribution in [-0.2, 0) is 4.79 Å². The smallest absolute Gasteiger partial charge is 0.227 e. The quantitative estimate of drug-likeness (QED) is 0.838. The maximum atomic E-state index is 12.0. The van der Waals surface area contributed by atoms with Gasteiger partial charge in [-0.2, -0.15) is 0 Å². The summed E-state index contributed by atoms with van der Waals surface area (Å²) in [7, 11) is 1.66. The number of thiophene rings is 1. The molecule has 18 heavy (non-hydrogen) atoms. The summed E-state index contributed by atoms with van der Waals surface area (Å²) in [5.41, 5.74) is -0.357. The fourth-order valence-corrected chi connectivity index (χ4v) is 3.05. The minimum atomic E-state index is -0.357. The highest BCUT2D eigenvalue weighted by atomic mass is 32.1. The van der Waals surface area contributed by atoms with Crippen LogP contribution in [0.4, 0.5) is 0 Å². The monoisotopic (exact) mass is 266 g/mol. The van der Waals surface area contributed by atoms with Crippen LogP contribution >= 0.6 is 11.3 Å². The molecule has 1 aliphatic heterocycles. The van der Waals surface area contributed by atoms with Gasteiger partial charge in [-0.3, -0.25) is 14.5 Å². The van der Waals surface area contributed by atoms with Gasteiger partial charge in [-0.1, -0.05) is 6.07 Å². The van der Waals surface area contributed by atoms with Crippen molar-refractivity contribution in [1.82, 2.24) is 10.2 Å². The van der Waals surface area contributed by atoms with Gasteiger partial charge in [-0.05, 0) is 31.3 Å². The molecule has 5 heteroatoms. The second kappa shape index (κ2) is 5.20. The highest BCUT2D eigenvalue weighted by Gasteiger charge is 2.40. The summed E-state index contributed by atoms with van der Waals surface area (Å²) in [6, 6.07) is 3.73. The summed E-state index contributed by atoms with van der Waals surface area (Å²) in [5, 5.41) is 4.61. The molecule has 4 nitrogen and oxygen atoms in total. The highest BCUT2D eigenvalue weighted by Crippen LogP contribution is 2.30. The Hall–Kier alpha value is -1.20. The molecule has 0 bridgehead atoms. The molecule has 1 unspecified atom stereocenters. The predicted molar refractivity (Wildman–Crippen MR) is 71.9 cm³/mol. The van der Waals surface area contributed by atoms with Crippen molar-refractivity contribution in [1.29, 1.82) is 0 Å². The maximum absolute atomic E-state index is 12.0.